The van der Waals surface area contributed by atoms with Gasteiger partial charge in [-0.25, -0.2) is 0 Å². The summed E-state index contributed by atoms with van der Waals surface area (Å²) in [6.45, 7) is 6.55. The number of ketones is 1. The average molecular weight is 182 g/mol. The first-order valence-electron chi connectivity index (χ1n) is 5.67. The Morgan fingerprint density at radius 2 is 2.08 bits per heavy atom. The second-order valence-corrected chi connectivity index (χ2v) is 4.69. The summed E-state index contributed by atoms with van der Waals surface area (Å²) in [6.07, 6.45) is 5.64. The summed E-state index contributed by atoms with van der Waals surface area (Å²) in [6, 6.07) is 0. The minimum absolute atomic E-state index is 0.395. The Morgan fingerprint density at radius 3 is 2.62 bits per heavy atom. The van der Waals surface area contributed by atoms with E-state index in [1.54, 1.807) is 0 Å². The van der Waals surface area contributed by atoms with E-state index >= 15 is 0 Å². The lowest BCUT2D eigenvalue weighted by Crippen LogP contribution is -2.25. The molecule has 0 radical (unpaired) electrons. The molecule has 0 aromatic carbocycles. The lowest BCUT2D eigenvalue weighted by Gasteiger charge is -2.30. The van der Waals surface area contributed by atoms with Crippen LogP contribution in [0.1, 0.15) is 52.9 Å². The standard InChI is InChI=1S/C12H22O/c1-4-12(13)11-7-5-6-10(8-11)9(2)3/h9-11H,4-8H2,1-3H3/t10-,11+/m1/s1. The van der Waals surface area contributed by atoms with Gasteiger partial charge in [-0.05, 0) is 24.7 Å². The molecule has 1 rings (SSSR count). The van der Waals surface area contributed by atoms with Gasteiger partial charge in [0.1, 0.15) is 5.78 Å². The quantitative estimate of drug-likeness (QED) is 0.653. The first-order valence-corrected chi connectivity index (χ1v) is 5.67. The topological polar surface area (TPSA) is 17.1 Å². The first kappa shape index (κ1) is 10.7. The van der Waals surface area contributed by atoms with Gasteiger partial charge in [0, 0.05) is 12.3 Å². The molecule has 1 fully saturated rings. The van der Waals surface area contributed by atoms with Crippen LogP contribution in [0.5, 0.6) is 0 Å². The maximum atomic E-state index is 11.5. The summed E-state index contributed by atoms with van der Waals surface area (Å²) < 4.78 is 0. The monoisotopic (exact) mass is 182 g/mol. The molecule has 1 aliphatic carbocycles. The molecule has 0 bridgehead atoms. The SMILES string of the molecule is CCC(=O)[C@H]1CCC[C@@H](C(C)C)C1. The second kappa shape index (κ2) is 4.78. The van der Waals surface area contributed by atoms with Gasteiger partial charge in [-0.2, -0.15) is 0 Å². The summed E-state index contributed by atoms with van der Waals surface area (Å²) in [5.41, 5.74) is 0. The Bertz CT molecular complexity index is 172. The van der Waals surface area contributed by atoms with E-state index in [2.05, 4.69) is 13.8 Å². The van der Waals surface area contributed by atoms with E-state index < -0.39 is 0 Å². The van der Waals surface area contributed by atoms with Crippen LogP contribution in [0.2, 0.25) is 0 Å². The minimum atomic E-state index is 0.395. The normalized spacial score (nSPS) is 29.2. The van der Waals surface area contributed by atoms with E-state index in [9.17, 15) is 4.79 Å². The van der Waals surface area contributed by atoms with Crippen LogP contribution >= 0.6 is 0 Å². The number of hydrogen-bond donors (Lipinski definition) is 0. The zero-order chi connectivity index (χ0) is 9.84. The molecule has 1 heteroatoms. The predicted octanol–water partition coefficient (Wildman–Crippen LogP) is 3.43. The molecule has 76 valence electrons. The third kappa shape index (κ3) is 2.82. The first-order chi connectivity index (χ1) is 6.15. The summed E-state index contributed by atoms with van der Waals surface area (Å²) in [5.74, 6) is 2.44. The highest BCUT2D eigenvalue weighted by molar-refractivity contribution is 5.80. The van der Waals surface area contributed by atoms with Crippen molar-refractivity contribution in [3.63, 3.8) is 0 Å². The molecule has 0 heterocycles. The molecule has 1 aliphatic rings. The number of carbonyl (C=O) groups excluding carboxylic acids is 1. The van der Waals surface area contributed by atoms with Crippen molar-refractivity contribution in [3.05, 3.63) is 0 Å². The van der Waals surface area contributed by atoms with Crippen LogP contribution < -0.4 is 0 Å². The van der Waals surface area contributed by atoms with Gasteiger partial charge in [-0.15, -0.1) is 0 Å². The molecule has 1 nitrogen and oxygen atoms in total. The average Bonchev–Trinajstić information content (AvgIpc) is 2.17. The van der Waals surface area contributed by atoms with Gasteiger partial charge in [0.15, 0.2) is 0 Å². The van der Waals surface area contributed by atoms with Crippen molar-refractivity contribution in [1.82, 2.24) is 0 Å². The maximum Gasteiger partial charge on any atom is 0.135 e. The molecule has 13 heavy (non-hydrogen) atoms. The van der Waals surface area contributed by atoms with Crippen molar-refractivity contribution in [2.75, 3.05) is 0 Å². The van der Waals surface area contributed by atoms with E-state index in [0.717, 1.165) is 31.1 Å². The van der Waals surface area contributed by atoms with Crippen LogP contribution in [0, 0.1) is 17.8 Å². The molecule has 0 aromatic rings. The molecule has 0 spiro atoms. The van der Waals surface area contributed by atoms with Crippen LogP contribution in [0.3, 0.4) is 0 Å². The van der Waals surface area contributed by atoms with Crippen molar-refractivity contribution >= 4 is 5.78 Å². The molecule has 0 saturated heterocycles. The lowest BCUT2D eigenvalue weighted by molar-refractivity contribution is -0.124. The smallest absolute Gasteiger partial charge is 0.135 e. The summed E-state index contributed by atoms with van der Waals surface area (Å²) in [7, 11) is 0. The Balaban J connectivity index is 2.46. The molecule has 0 amide bonds. The van der Waals surface area contributed by atoms with E-state index in [4.69, 9.17) is 0 Å². The van der Waals surface area contributed by atoms with Gasteiger partial charge in [0.25, 0.3) is 0 Å². The third-order valence-electron chi connectivity index (χ3n) is 3.46. The highest BCUT2D eigenvalue weighted by Crippen LogP contribution is 2.34. The van der Waals surface area contributed by atoms with Crippen molar-refractivity contribution in [2.24, 2.45) is 17.8 Å². The maximum absolute atomic E-state index is 11.5. The molecule has 2 atom stereocenters. The van der Waals surface area contributed by atoms with E-state index in [1.165, 1.54) is 12.8 Å². The van der Waals surface area contributed by atoms with Gasteiger partial charge < -0.3 is 0 Å². The zero-order valence-corrected chi connectivity index (χ0v) is 9.18. The van der Waals surface area contributed by atoms with Crippen LogP contribution in [-0.2, 0) is 4.79 Å². The van der Waals surface area contributed by atoms with Gasteiger partial charge in [-0.3, -0.25) is 4.79 Å². The van der Waals surface area contributed by atoms with Crippen LogP contribution in [-0.4, -0.2) is 5.78 Å². The highest BCUT2D eigenvalue weighted by atomic mass is 16.1. The van der Waals surface area contributed by atoms with Crippen molar-refractivity contribution in [1.29, 1.82) is 0 Å². The van der Waals surface area contributed by atoms with Gasteiger partial charge in [0.05, 0.1) is 0 Å². The largest absolute Gasteiger partial charge is 0.299 e. The second-order valence-electron chi connectivity index (χ2n) is 4.69. The van der Waals surface area contributed by atoms with Gasteiger partial charge in [0.2, 0.25) is 0 Å². The fraction of sp³-hybridized carbons (Fsp3) is 0.917. The fourth-order valence-electron chi connectivity index (χ4n) is 2.41. The lowest BCUT2D eigenvalue weighted by atomic mass is 9.74. The molecular weight excluding hydrogens is 160 g/mol. The number of carbonyl (C=O) groups is 1. The molecule has 1 saturated carbocycles. The van der Waals surface area contributed by atoms with E-state index in [0.29, 0.717) is 11.7 Å². The Kier molecular flexibility index (Phi) is 3.95. The molecule has 0 aliphatic heterocycles. The summed E-state index contributed by atoms with van der Waals surface area (Å²) in [4.78, 5) is 11.5. The molecule has 0 N–H and O–H groups in total. The van der Waals surface area contributed by atoms with Gasteiger partial charge >= 0.3 is 0 Å². The Hall–Kier alpha value is -0.330. The molecule has 0 unspecified atom stereocenters. The summed E-state index contributed by atoms with van der Waals surface area (Å²) >= 11 is 0. The highest BCUT2D eigenvalue weighted by Gasteiger charge is 2.27. The minimum Gasteiger partial charge on any atom is -0.299 e. The fourth-order valence-corrected chi connectivity index (χ4v) is 2.41. The molecule has 0 aromatic heterocycles. The number of hydrogen-bond acceptors (Lipinski definition) is 1. The van der Waals surface area contributed by atoms with Crippen molar-refractivity contribution in [2.45, 2.75) is 52.9 Å². The van der Waals surface area contributed by atoms with Crippen LogP contribution in [0.25, 0.3) is 0 Å². The Morgan fingerprint density at radius 1 is 1.38 bits per heavy atom. The van der Waals surface area contributed by atoms with Crippen LogP contribution in [0.4, 0.5) is 0 Å². The van der Waals surface area contributed by atoms with Crippen molar-refractivity contribution < 1.29 is 4.79 Å². The number of rotatable bonds is 3. The summed E-state index contributed by atoms with van der Waals surface area (Å²) in [5, 5.41) is 0. The third-order valence-corrected chi connectivity index (χ3v) is 3.46. The Labute approximate surface area is 81.9 Å². The predicted molar refractivity (Wildman–Crippen MR) is 55.6 cm³/mol. The molecular formula is C12H22O. The zero-order valence-electron chi connectivity index (χ0n) is 9.18. The van der Waals surface area contributed by atoms with E-state index in [-0.39, 0.29) is 0 Å². The van der Waals surface area contributed by atoms with E-state index in [1.807, 2.05) is 6.92 Å². The number of Topliss-reactive ketones (excluding diaryl/α,β-unsaturated/α-hetero) is 1. The van der Waals surface area contributed by atoms with Crippen LogP contribution in [0.15, 0.2) is 0 Å². The van der Waals surface area contributed by atoms with Crippen molar-refractivity contribution in [3.8, 4) is 0 Å². The van der Waals surface area contributed by atoms with Gasteiger partial charge in [-0.1, -0.05) is 33.6 Å².